The summed E-state index contributed by atoms with van der Waals surface area (Å²) in [5.41, 5.74) is 4.41. The normalized spacial score (nSPS) is 12.3. The summed E-state index contributed by atoms with van der Waals surface area (Å²) >= 11 is 0. The fourth-order valence-corrected chi connectivity index (χ4v) is 2.72. The van der Waals surface area contributed by atoms with Gasteiger partial charge in [0.1, 0.15) is 0 Å². The molecular weight excluding hydrogens is 336 g/mol. The third-order valence-corrected chi connectivity index (χ3v) is 4.44. The summed E-state index contributed by atoms with van der Waals surface area (Å²) < 4.78 is 23.8. The topological polar surface area (TPSA) is 75.3 Å². The van der Waals surface area contributed by atoms with E-state index in [1.165, 1.54) is 6.08 Å². The number of amides is 1. The minimum Gasteiger partial charge on any atom is -0.274 e. The van der Waals surface area contributed by atoms with Gasteiger partial charge in [-0.05, 0) is 34.8 Å². The standard InChI is InChI=1S/C19H22N2O3S/c1-19(2,3)17-11-9-16(10-12-17)18(22)20-21-25(23,24)14-13-15-7-5-4-6-8-15/h4-14,21H,1-3H3,(H,20,22)/b14-13+. The van der Waals surface area contributed by atoms with Gasteiger partial charge in [0.2, 0.25) is 0 Å². The van der Waals surface area contributed by atoms with Crippen molar-refractivity contribution in [3.63, 3.8) is 0 Å². The number of sulfonamides is 1. The molecule has 0 unspecified atom stereocenters. The van der Waals surface area contributed by atoms with Crippen LogP contribution < -0.4 is 10.3 Å². The lowest BCUT2D eigenvalue weighted by molar-refractivity contribution is 0.0945. The zero-order valence-electron chi connectivity index (χ0n) is 14.5. The number of hydrogen-bond acceptors (Lipinski definition) is 3. The molecule has 0 aliphatic carbocycles. The second-order valence-corrected chi connectivity index (χ2v) is 8.21. The van der Waals surface area contributed by atoms with E-state index >= 15 is 0 Å². The highest BCUT2D eigenvalue weighted by molar-refractivity contribution is 7.92. The minimum absolute atomic E-state index is 0.0151. The third-order valence-electron chi connectivity index (χ3n) is 3.56. The van der Waals surface area contributed by atoms with Gasteiger partial charge in [0.05, 0.1) is 0 Å². The van der Waals surface area contributed by atoms with Crippen molar-refractivity contribution in [2.75, 3.05) is 0 Å². The van der Waals surface area contributed by atoms with Crippen LogP contribution in [0, 0.1) is 0 Å². The van der Waals surface area contributed by atoms with E-state index in [9.17, 15) is 13.2 Å². The van der Waals surface area contributed by atoms with E-state index in [1.807, 2.05) is 30.3 Å². The van der Waals surface area contributed by atoms with Crippen LogP contribution in [0.15, 0.2) is 60.0 Å². The van der Waals surface area contributed by atoms with E-state index in [-0.39, 0.29) is 5.41 Å². The second-order valence-electron chi connectivity index (χ2n) is 6.64. The Bertz CT molecular complexity index is 850. The van der Waals surface area contributed by atoms with Crippen LogP contribution in [0.25, 0.3) is 6.08 Å². The molecule has 0 aliphatic heterocycles. The molecule has 25 heavy (non-hydrogen) atoms. The van der Waals surface area contributed by atoms with Crippen molar-refractivity contribution in [1.29, 1.82) is 0 Å². The summed E-state index contributed by atoms with van der Waals surface area (Å²) in [6, 6.07) is 16.1. The fraction of sp³-hybridized carbons (Fsp3) is 0.211. The molecule has 0 spiro atoms. The van der Waals surface area contributed by atoms with Crippen molar-refractivity contribution >= 4 is 22.0 Å². The zero-order valence-corrected chi connectivity index (χ0v) is 15.3. The first kappa shape index (κ1) is 18.9. The largest absolute Gasteiger partial charge is 0.274 e. The van der Waals surface area contributed by atoms with E-state index in [0.29, 0.717) is 5.56 Å². The monoisotopic (exact) mass is 358 g/mol. The van der Waals surface area contributed by atoms with Gasteiger partial charge in [-0.25, -0.2) is 8.42 Å². The Hall–Kier alpha value is -2.44. The van der Waals surface area contributed by atoms with Crippen LogP contribution >= 0.6 is 0 Å². The molecule has 2 rings (SSSR count). The Morgan fingerprint density at radius 3 is 2.12 bits per heavy atom. The Morgan fingerprint density at radius 1 is 0.960 bits per heavy atom. The molecule has 2 aromatic rings. The van der Waals surface area contributed by atoms with Gasteiger partial charge in [0, 0.05) is 11.0 Å². The maximum Gasteiger partial charge on any atom is 0.266 e. The molecular formula is C19H22N2O3S. The van der Waals surface area contributed by atoms with Crippen LogP contribution in [0.1, 0.15) is 42.3 Å². The van der Waals surface area contributed by atoms with Crippen molar-refractivity contribution in [2.45, 2.75) is 26.2 Å². The highest BCUT2D eigenvalue weighted by Crippen LogP contribution is 2.22. The highest BCUT2D eigenvalue weighted by Gasteiger charge is 2.15. The van der Waals surface area contributed by atoms with Crippen molar-refractivity contribution in [3.05, 3.63) is 76.7 Å². The number of carbonyl (C=O) groups excluding carboxylic acids is 1. The van der Waals surface area contributed by atoms with Gasteiger partial charge in [-0.15, -0.1) is 4.83 Å². The predicted molar refractivity (Wildman–Crippen MR) is 100 cm³/mol. The van der Waals surface area contributed by atoms with E-state index in [4.69, 9.17) is 0 Å². The Balaban J connectivity index is 1.98. The molecule has 0 aliphatic rings. The molecule has 0 atom stereocenters. The van der Waals surface area contributed by atoms with Crippen LogP contribution in [0.2, 0.25) is 0 Å². The number of hydrazine groups is 1. The van der Waals surface area contributed by atoms with Gasteiger partial charge in [0.15, 0.2) is 0 Å². The maximum absolute atomic E-state index is 12.1. The zero-order chi connectivity index (χ0) is 18.5. The van der Waals surface area contributed by atoms with Gasteiger partial charge < -0.3 is 0 Å². The molecule has 0 saturated heterocycles. The molecule has 0 heterocycles. The van der Waals surface area contributed by atoms with E-state index in [0.717, 1.165) is 16.5 Å². The fourth-order valence-electron chi connectivity index (χ4n) is 2.08. The van der Waals surface area contributed by atoms with Crippen molar-refractivity contribution < 1.29 is 13.2 Å². The lowest BCUT2D eigenvalue weighted by Gasteiger charge is -2.19. The van der Waals surface area contributed by atoms with E-state index in [2.05, 4.69) is 31.0 Å². The Morgan fingerprint density at radius 2 is 1.56 bits per heavy atom. The molecule has 0 fully saturated rings. The minimum atomic E-state index is -3.78. The first-order valence-electron chi connectivity index (χ1n) is 7.83. The third kappa shape index (κ3) is 5.85. The molecule has 5 nitrogen and oxygen atoms in total. The van der Waals surface area contributed by atoms with E-state index in [1.54, 1.807) is 24.3 Å². The summed E-state index contributed by atoms with van der Waals surface area (Å²) in [5.74, 6) is -0.517. The van der Waals surface area contributed by atoms with Crippen LogP contribution in [0.3, 0.4) is 0 Å². The number of benzene rings is 2. The second kappa shape index (κ2) is 7.63. The highest BCUT2D eigenvalue weighted by atomic mass is 32.2. The SMILES string of the molecule is CC(C)(C)c1ccc(C(=O)NNS(=O)(=O)/C=C/c2ccccc2)cc1. The number of rotatable bonds is 5. The average molecular weight is 358 g/mol. The maximum atomic E-state index is 12.1. The summed E-state index contributed by atoms with van der Waals surface area (Å²) in [6.07, 6.45) is 1.45. The number of nitrogens with one attached hydrogen (secondary N) is 2. The van der Waals surface area contributed by atoms with Crippen molar-refractivity contribution in [3.8, 4) is 0 Å². The van der Waals surface area contributed by atoms with Crippen molar-refractivity contribution in [2.24, 2.45) is 0 Å². The molecule has 2 N–H and O–H groups in total. The Labute approximate surface area is 148 Å². The van der Waals surface area contributed by atoms with Crippen LogP contribution in [-0.2, 0) is 15.4 Å². The van der Waals surface area contributed by atoms with Gasteiger partial charge in [-0.1, -0.05) is 63.2 Å². The summed E-state index contributed by atoms with van der Waals surface area (Å²) in [7, 11) is -3.78. The van der Waals surface area contributed by atoms with Crippen LogP contribution in [0.4, 0.5) is 0 Å². The summed E-state index contributed by atoms with van der Waals surface area (Å²) in [6.45, 7) is 6.24. The van der Waals surface area contributed by atoms with Crippen LogP contribution in [-0.4, -0.2) is 14.3 Å². The summed E-state index contributed by atoms with van der Waals surface area (Å²) in [4.78, 5) is 14.1. The predicted octanol–water partition coefficient (Wildman–Crippen LogP) is 3.22. The smallest absolute Gasteiger partial charge is 0.266 e. The van der Waals surface area contributed by atoms with Crippen molar-refractivity contribution in [1.82, 2.24) is 10.3 Å². The first-order valence-corrected chi connectivity index (χ1v) is 9.38. The lowest BCUT2D eigenvalue weighted by atomic mass is 9.87. The average Bonchev–Trinajstić information content (AvgIpc) is 2.58. The lowest BCUT2D eigenvalue weighted by Crippen LogP contribution is -2.40. The molecule has 132 valence electrons. The molecule has 0 aromatic heterocycles. The first-order chi connectivity index (χ1) is 11.7. The molecule has 6 heteroatoms. The van der Waals surface area contributed by atoms with Gasteiger partial charge in [0.25, 0.3) is 15.9 Å². The van der Waals surface area contributed by atoms with E-state index < -0.39 is 15.9 Å². The number of hydrogen-bond donors (Lipinski definition) is 2. The van der Waals surface area contributed by atoms with Gasteiger partial charge >= 0.3 is 0 Å². The number of carbonyl (C=O) groups is 1. The molecule has 2 aromatic carbocycles. The molecule has 0 radical (unpaired) electrons. The quantitative estimate of drug-likeness (QED) is 0.806. The van der Waals surface area contributed by atoms with Crippen LogP contribution in [0.5, 0.6) is 0 Å². The molecule has 1 amide bonds. The molecule has 0 bridgehead atoms. The Kier molecular flexibility index (Phi) is 5.77. The van der Waals surface area contributed by atoms with Gasteiger partial charge in [-0.2, -0.15) is 0 Å². The molecule has 0 saturated carbocycles. The summed E-state index contributed by atoms with van der Waals surface area (Å²) in [5, 5.41) is 1.01. The van der Waals surface area contributed by atoms with Gasteiger partial charge in [-0.3, -0.25) is 10.2 Å².